The highest BCUT2D eigenvalue weighted by Crippen LogP contribution is 2.30. The Hall–Kier alpha value is -1.51. The van der Waals surface area contributed by atoms with Crippen molar-refractivity contribution >= 4 is 5.97 Å². The number of para-hydroxylation sites is 1. The van der Waals surface area contributed by atoms with Gasteiger partial charge in [0, 0.05) is 0 Å². The number of carbonyl (C=O) groups is 1. The fourth-order valence-corrected chi connectivity index (χ4v) is 1.69. The average Bonchev–Trinajstić information content (AvgIpc) is 2.25. The first-order valence-corrected chi connectivity index (χ1v) is 5.03. The van der Waals surface area contributed by atoms with Crippen LogP contribution in [0.4, 0.5) is 0 Å². The lowest BCUT2D eigenvalue weighted by Gasteiger charge is -2.16. The van der Waals surface area contributed by atoms with Crippen LogP contribution in [0, 0.1) is 0 Å². The van der Waals surface area contributed by atoms with Gasteiger partial charge in [-0.05, 0) is 24.0 Å². The lowest BCUT2D eigenvalue weighted by Crippen LogP contribution is -2.06. The Bertz CT molecular complexity index is 333. The molecule has 0 heterocycles. The number of hydrogen-bond acceptors (Lipinski definition) is 2. The molecule has 0 bridgehead atoms. The summed E-state index contributed by atoms with van der Waals surface area (Å²) >= 11 is 0. The average molecular weight is 208 g/mol. The topological polar surface area (TPSA) is 46.5 Å². The molecule has 0 aliphatic heterocycles. The van der Waals surface area contributed by atoms with E-state index in [1.54, 1.807) is 7.11 Å². The summed E-state index contributed by atoms with van der Waals surface area (Å²) in [6.07, 6.45) is 0.948. The van der Waals surface area contributed by atoms with Gasteiger partial charge in [0.15, 0.2) is 0 Å². The molecule has 0 fully saturated rings. The smallest absolute Gasteiger partial charge is 0.303 e. The molecule has 0 saturated heterocycles. The molecular formula is C12H16O3. The van der Waals surface area contributed by atoms with Crippen LogP contribution in [0.25, 0.3) is 0 Å². The number of carboxylic acids is 1. The third kappa shape index (κ3) is 2.98. The zero-order valence-electron chi connectivity index (χ0n) is 9.06. The summed E-state index contributed by atoms with van der Waals surface area (Å²) in [6.45, 7) is 1.99. The van der Waals surface area contributed by atoms with Crippen molar-refractivity contribution in [2.45, 2.75) is 25.7 Å². The summed E-state index contributed by atoms with van der Waals surface area (Å²) in [5.41, 5.74) is 0.977. The molecule has 0 aromatic heterocycles. The van der Waals surface area contributed by atoms with E-state index in [4.69, 9.17) is 9.84 Å². The van der Waals surface area contributed by atoms with Crippen molar-refractivity contribution in [2.24, 2.45) is 0 Å². The number of rotatable bonds is 5. The Balaban J connectivity index is 2.95. The predicted molar refractivity (Wildman–Crippen MR) is 58.3 cm³/mol. The van der Waals surface area contributed by atoms with E-state index < -0.39 is 5.97 Å². The van der Waals surface area contributed by atoms with E-state index in [0.29, 0.717) is 0 Å². The van der Waals surface area contributed by atoms with Crippen LogP contribution in [0.1, 0.15) is 31.2 Å². The molecule has 0 unspecified atom stereocenters. The van der Waals surface area contributed by atoms with Gasteiger partial charge in [0.25, 0.3) is 0 Å². The second-order valence-electron chi connectivity index (χ2n) is 3.44. The SMILES string of the molecule is CC[C@H](CC(=O)O)c1ccccc1OC. The molecular weight excluding hydrogens is 192 g/mol. The second-order valence-corrected chi connectivity index (χ2v) is 3.44. The number of benzene rings is 1. The zero-order valence-corrected chi connectivity index (χ0v) is 9.06. The van der Waals surface area contributed by atoms with Crippen molar-refractivity contribution < 1.29 is 14.6 Å². The largest absolute Gasteiger partial charge is 0.496 e. The Labute approximate surface area is 89.7 Å². The third-order valence-electron chi connectivity index (χ3n) is 2.49. The van der Waals surface area contributed by atoms with Crippen molar-refractivity contribution in [3.63, 3.8) is 0 Å². The van der Waals surface area contributed by atoms with Crippen LogP contribution in [0.3, 0.4) is 0 Å². The van der Waals surface area contributed by atoms with Crippen LogP contribution in [0.2, 0.25) is 0 Å². The van der Waals surface area contributed by atoms with Gasteiger partial charge in [0.1, 0.15) is 5.75 Å². The molecule has 15 heavy (non-hydrogen) atoms. The number of aliphatic carboxylic acids is 1. The summed E-state index contributed by atoms with van der Waals surface area (Å²) in [5, 5.41) is 8.80. The van der Waals surface area contributed by atoms with Gasteiger partial charge < -0.3 is 9.84 Å². The van der Waals surface area contributed by atoms with Crippen LogP contribution in [-0.2, 0) is 4.79 Å². The van der Waals surface area contributed by atoms with E-state index in [1.165, 1.54) is 0 Å². The van der Waals surface area contributed by atoms with Crippen LogP contribution >= 0.6 is 0 Å². The van der Waals surface area contributed by atoms with Crippen molar-refractivity contribution in [2.75, 3.05) is 7.11 Å². The molecule has 1 aromatic carbocycles. The highest BCUT2D eigenvalue weighted by molar-refractivity contribution is 5.68. The number of methoxy groups -OCH3 is 1. The minimum Gasteiger partial charge on any atom is -0.496 e. The molecule has 1 aromatic rings. The van der Waals surface area contributed by atoms with E-state index in [2.05, 4.69) is 0 Å². The Morgan fingerprint density at radius 2 is 2.13 bits per heavy atom. The molecule has 82 valence electrons. The first-order chi connectivity index (χ1) is 7.19. The quantitative estimate of drug-likeness (QED) is 0.809. The van der Waals surface area contributed by atoms with Gasteiger partial charge in [-0.15, -0.1) is 0 Å². The van der Waals surface area contributed by atoms with Gasteiger partial charge in [-0.25, -0.2) is 0 Å². The molecule has 3 heteroatoms. The molecule has 1 atom stereocenters. The number of carboxylic acid groups (broad SMARTS) is 1. The molecule has 3 nitrogen and oxygen atoms in total. The summed E-state index contributed by atoms with van der Waals surface area (Å²) in [4.78, 5) is 10.7. The van der Waals surface area contributed by atoms with E-state index >= 15 is 0 Å². The van der Waals surface area contributed by atoms with Gasteiger partial charge in [0.2, 0.25) is 0 Å². The highest BCUT2D eigenvalue weighted by Gasteiger charge is 2.16. The summed E-state index contributed by atoms with van der Waals surface area (Å²) < 4.78 is 5.22. The number of hydrogen-bond donors (Lipinski definition) is 1. The molecule has 1 N–H and O–H groups in total. The molecule has 0 saturated carbocycles. The fraction of sp³-hybridized carbons (Fsp3) is 0.417. The van der Waals surface area contributed by atoms with Gasteiger partial charge in [-0.3, -0.25) is 4.79 Å². The van der Waals surface area contributed by atoms with E-state index in [9.17, 15) is 4.79 Å². The summed E-state index contributed by atoms with van der Waals surface area (Å²) in [6, 6.07) is 7.58. The van der Waals surface area contributed by atoms with Crippen LogP contribution in [-0.4, -0.2) is 18.2 Å². The van der Waals surface area contributed by atoms with Gasteiger partial charge in [0.05, 0.1) is 13.5 Å². The molecule has 0 radical (unpaired) electrons. The van der Waals surface area contributed by atoms with Gasteiger partial charge in [-0.1, -0.05) is 25.1 Å². The summed E-state index contributed by atoms with van der Waals surface area (Å²) in [5.74, 6) is 0.0250. The molecule has 0 aliphatic carbocycles. The summed E-state index contributed by atoms with van der Waals surface area (Å²) in [7, 11) is 1.60. The first-order valence-electron chi connectivity index (χ1n) is 5.03. The standard InChI is InChI=1S/C12H16O3/c1-3-9(8-12(13)14)10-6-4-5-7-11(10)15-2/h4-7,9H,3,8H2,1-2H3,(H,13,14)/t9-/m1/s1. The second kappa shape index (κ2) is 5.39. The van der Waals surface area contributed by atoms with Crippen molar-refractivity contribution in [1.82, 2.24) is 0 Å². The van der Waals surface area contributed by atoms with Crippen molar-refractivity contribution in [1.29, 1.82) is 0 Å². The molecule has 0 aliphatic rings. The Morgan fingerprint density at radius 3 is 2.67 bits per heavy atom. The van der Waals surface area contributed by atoms with Crippen molar-refractivity contribution in [3.8, 4) is 5.75 Å². The highest BCUT2D eigenvalue weighted by atomic mass is 16.5. The lowest BCUT2D eigenvalue weighted by atomic mass is 9.92. The minimum atomic E-state index is -0.771. The maximum Gasteiger partial charge on any atom is 0.303 e. The maximum absolute atomic E-state index is 10.7. The van der Waals surface area contributed by atoms with Gasteiger partial charge in [-0.2, -0.15) is 0 Å². The minimum absolute atomic E-state index is 0.0265. The first kappa shape index (κ1) is 11.6. The molecule has 1 rings (SSSR count). The Kier molecular flexibility index (Phi) is 4.16. The van der Waals surface area contributed by atoms with Gasteiger partial charge >= 0.3 is 5.97 Å². The van der Waals surface area contributed by atoms with E-state index in [1.807, 2.05) is 31.2 Å². The Morgan fingerprint density at radius 1 is 1.47 bits per heavy atom. The molecule has 0 spiro atoms. The third-order valence-corrected chi connectivity index (χ3v) is 2.49. The lowest BCUT2D eigenvalue weighted by molar-refractivity contribution is -0.137. The van der Waals surface area contributed by atoms with Crippen LogP contribution < -0.4 is 4.74 Å². The zero-order chi connectivity index (χ0) is 11.3. The number of ether oxygens (including phenoxy) is 1. The fourth-order valence-electron chi connectivity index (χ4n) is 1.69. The maximum atomic E-state index is 10.7. The van der Waals surface area contributed by atoms with E-state index in [0.717, 1.165) is 17.7 Å². The van der Waals surface area contributed by atoms with Crippen molar-refractivity contribution in [3.05, 3.63) is 29.8 Å². The van der Waals surface area contributed by atoms with Crippen LogP contribution in [0.15, 0.2) is 24.3 Å². The molecule has 0 amide bonds. The van der Waals surface area contributed by atoms with E-state index in [-0.39, 0.29) is 12.3 Å². The monoisotopic (exact) mass is 208 g/mol. The predicted octanol–water partition coefficient (Wildman–Crippen LogP) is 2.66. The normalized spacial score (nSPS) is 12.1. The van der Waals surface area contributed by atoms with Crippen LogP contribution in [0.5, 0.6) is 5.75 Å².